The summed E-state index contributed by atoms with van der Waals surface area (Å²) < 4.78 is 0. The van der Waals surface area contributed by atoms with Crippen LogP contribution in [-0.4, -0.2) is 17.1 Å². The molecule has 0 bridgehead atoms. The van der Waals surface area contributed by atoms with E-state index in [-0.39, 0.29) is 12.0 Å². The van der Waals surface area contributed by atoms with Gasteiger partial charge in [-0.1, -0.05) is 20.3 Å². The Labute approximate surface area is 74.0 Å². The first kappa shape index (κ1) is 11.4. The van der Waals surface area contributed by atoms with Crippen LogP contribution in [-0.2, 0) is 4.79 Å². The smallest absolute Gasteiger partial charge is 0.217 e. The minimum Gasteiger partial charge on any atom is -0.393 e. The fraction of sp³-hybridized carbons (Fsp3) is 0.889. The molecule has 0 saturated heterocycles. The number of nitrogens with two attached hydrogens (primary N) is 1. The van der Waals surface area contributed by atoms with Gasteiger partial charge in [-0.3, -0.25) is 4.79 Å². The SMILES string of the molecule is CCC(C)C(O)CCCC(N)=O. The van der Waals surface area contributed by atoms with Gasteiger partial charge in [0.15, 0.2) is 0 Å². The zero-order chi connectivity index (χ0) is 9.56. The van der Waals surface area contributed by atoms with E-state index >= 15 is 0 Å². The standard InChI is InChI=1S/C9H19NO2/c1-3-7(2)8(11)5-4-6-9(10)12/h7-8,11H,3-6H2,1-2H3,(H2,10,12). The molecule has 0 aliphatic heterocycles. The third-order valence-corrected chi connectivity index (χ3v) is 2.22. The van der Waals surface area contributed by atoms with Gasteiger partial charge in [0.05, 0.1) is 6.10 Å². The van der Waals surface area contributed by atoms with E-state index in [9.17, 15) is 9.90 Å². The normalized spacial score (nSPS) is 15.6. The Bertz CT molecular complexity index is 136. The molecule has 0 aliphatic carbocycles. The lowest BCUT2D eigenvalue weighted by Gasteiger charge is -2.16. The lowest BCUT2D eigenvalue weighted by atomic mass is 9.97. The number of amides is 1. The number of aliphatic hydroxyl groups is 1. The molecule has 1 amide bonds. The maximum atomic E-state index is 10.4. The second-order valence-corrected chi connectivity index (χ2v) is 3.31. The Hall–Kier alpha value is -0.570. The van der Waals surface area contributed by atoms with E-state index in [1.54, 1.807) is 0 Å². The predicted molar refractivity (Wildman–Crippen MR) is 48.5 cm³/mol. The van der Waals surface area contributed by atoms with Crippen molar-refractivity contribution in [2.75, 3.05) is 0 Å². The van der Waals surface area contributed by atoms with Crippen molar-refractivity contribution >= 4 is 5.91 Å². The molecular formula is C9H19NO2. The van der Waals surface area contributed by atoms with Gasteiger partial charge in [-0.05, 0) is 18.8 Å². The fourth-order valence-electron chi connectivity index (χ4n) is 1.04. The number of primary amides is 1. The van der Waals surface area contributed by atoms with Crippen LogP contribution >= 0.6 is 0 Å². The summed E-state index contributed by atoms with van der Waals surface area (Å²) in [4.78, 5) is 10.4. The second kappa shape index (κ2) is 6.00. The van der Waals surface area contributed by atoms with Crippen molar-refractivity contribution in [3.05, 3.63) is 0 Å². The van der Waals surface area contributed by atoms with Gasteiger partial charge in [-0.25, -0.2) is 0 Å². The first-order valence-corrected chi connectivity index (χ1v) is 4.54. The van der Waals surface area contributed by atoms with Crippen LogP contribution in [0.1, 0.15) is 39.5 Å². The summed E-state index contributed by atoms with van der Waals surface area (Å²) in [5.74, 6) is 0.0317. The van der Waals surface area contributed by atoms with E-state index in [1.165, 1.54) is 0 Å². The lowest BCUT2D eigenvalue weighted by molar-refractivity contribution is -0.118. The molecule has 12 heavy (non-hydrogen) atoms. The average Bonchev–Trinajstić information content (AvgIpc) is 2.02. The van der Waals surface area contributed by atoms with Gasteiger partial charge in [0.25, 0.3) is 0 Å². The van der Waals surface area contributed by atoms with Gasteiger partial charge in [-0.2, -0.15) is 0 Å². The highest BCUT2D eigenvalue weighted by Gasteiger charge is 2.11. The zero-order valence-corrected chi connectivity index (χ0v) is 7.92. The van der Waals surface area contributed by atoms with Crippen molar-refractivity contribution < 1.29 is 9.90 Å². The van der Waals surface area contributed by atoms with Crippen molar-refractivity contribution in [3.63, 3.8) is 0 Å². The van der Waals surface area contributed by atoms with Crippen molar-refractivity contribution in [3.8, 4) is 0 Å². The van der Waals surface area contributed by atoms with E-state index in [0.717, 1.165) is 6.42 Å². The maximum absolute atomic E-state index is 10.4. The summed E-state index contributed by atoms with van der Waals surface area (Å²) in [6.45, 7) is 4.05. The van der Waals surface area contributed by atoms with Gasteiger partial charge < -0.3 is 10.8 Å². The molecule has 3 heteroatoms. The van der Waals surface area contributed by atoms with E-state index in [4.69, 9.17) is 5.73 Å². The zero-order valence-electron chi connectivity index (χ0n) is 7.92. The van der Waals surface area contributed by atoms with Crippen LogP contribution in [0.2, 0.25) is 0 Å². The Morgan fingerprint density at radius 3 is 2.58 bits per heavy atom. The first-order chi connectivity index (χ1) is 5.57. The Balaban J connectivity index is 3.43. The highest BCUT2D eigenvalue weighted by Crippen LogP contribution is 2.13. The predicted octanol–water partition coefficient (Wildman–Crippen LogP) is 1.05. The van der Waals surface area contributed by atoms with Gasteiger partial charge >= 0.3 is 0 Å². The minimum atomic E-state index is -0.286. The van der Waals surface area contributed by atoms with Gasteiger partial charge in [0.2, 0.25) is 5.91 Å². The highest BCUT2D eigenvalue weighted by molar-refractivity contribution is 5.73. The van der Waals surface area contributed by atoms with E-state index < -0.39 is 0 Å². The third kappa shape index (κ3) is 5.13. The molecule has 0 heterocycles. The molecule has 0 radical (unpaired) electrons. The molecule has 0 aliphatic rings. The molecular weight excluding hydrogens is 154 g/mol. The monoisotopic (exact) mass is 173 g/mol. The summed E-state index contributed by atoms with van der Waals surface area (Å²) in [6.07, 6.45) is 2.44. The van der Waals surface area contributed by atoms with E-state index in [2.05, 4.69) is 0 Å². The Kier molecular flexibility index (Phi) is 5.72. The number of hydrogen-bond acceptors (Lipinski definition) is 2. The van der Waals surface area contributed by atoms with Crippen LogP contribution in [0.4, 0.5) is 0 Å². The summed E-state index contributed by atoms with van der Waals surface area (Å²) >= 11 is 0. The van der Waals surface area contributed by atoms with Crippen molar-refractivity contribution in [2.45, 2.75) is 45.6 Å². The fourth-order valence-corrected chi connectivity index (χ4v) is 1.04. The topological polar surface area (TPSA) is 63.3 Å². The molecule has 72 valence electrons. The Morgan fingerprint density at radius 1 is 1.58 bits per heavy atom. The van der Waals surface area contributed by atoms with Crippen LogP contribution in [0.15, 0.2) is 0 Å². The number of hydrogen-bond donors (Lipinski definition) is 2. The molecule has 0 aromatic heterocycles. The van der Waals surface area contributed by atoms with Crippen LogP contribution in [0.25, 0.3) is 0 Å². The molecule has 0 fully saturated rings. The van der Waals surface area contributed by atoms with E-state index in [0.29, 0.717) is 25.2 Å². The summed E-state index contributed by atoms with van der Waals surface area (Å²) in [5.41, 5.74) is 4.97. The molecule has 2 atom stereocenters. The quantitative estimate of drug-likeness (QED) is 0.630. The number of rotatable bonds is 6. The average molecular weight is 173 g/mol. The summed E-state index contributed by atoms with van der Waals surface area (Å²) in [5, 5.41) is 9.48. The lowest BCUT2D eigenvalue weighted by Crippen LogP contribution is -2.18. The summed E-state index contributed by atoms with van der Waals surface area (Å²) in [6, 6.07) is 0. The number of carbonyl (C=O) groups excluding carboxylic acids is 1. The first-order valence-electron chi connectivity index (χ1n) is 4.54. The largest absolute Gasteiger partial charge is 0.393 e. The van der Waals surface area contributed by atoms with Crippen LogP contribution in [0.5, 0.6) is 0 Å². The molecule has 0 spiro atoms. The number of aliphatic hydroxyl groups excluding tert-OH is 1. The van der Waals surface area contributed by atoms with E-state index in [1.807, 2.05) is 13.8 Å². The van der Waals surface area contributed by atoms with Crippen LogP contribution in [0.3, 0.4) is 0 Å². The molecule has 2 unspecified atom stereocenters. The summed E-state index contributed by atoms with van der Waals surface area (Å²) in [7, 11) is 0. The van der Waals surface area contributed by atoms with Crippen molar-refractivity contribution in [1.82, 2.24) is 0 Å². The maximum Gasteiger partial charge on any atom is 0.217 e. The Morgan fingerprint density at radius 2 is 2.17 bits per heavy atom. The number of carbonyl (C=O) groups is 1. The van der Waals surface area contributed by atoms with Gasteiger partial charge in [0, 0.05) is 6.42 Å². The van der Waals surface area contributed by atoms with Gasteiger partial charge in [0.1, 0.15) is 0 Å². The molecule has 0 aromatic rings. The van der Waals surface area contributed by atoms with Crippen LogP contribution in [0, 0.1) is 5.92 Å². The molecule has 3 N–H and O–H groups in total. The molecule has 0 aromatic carbocycles. The minimum absolute atomic E-state index is 0.283. The highest BCUT2D eigenvalue weighted by atomic mass is 16.3. The molecule has 0 saturated carbocycles. The second-order valence-electron chi connectivity index (χ2n) is 3.31. The third-order valence-electron chi connectivity index (χ3n) is 2.22. The van der Waals surface area contributed by atoms with Crippen molar-refractivity contribution in [1.29, 1.82) is 0 Å². The van der Waals surface area contributed by atoms with Crippen molar-refractivity contribution in [2.24, 2.45) is 11.7 Å². The molecule has 3 nitrogen and oxygen atoms in total. The van der Waals surface area contributed by atoms with Crippen LogP contribution < -0.4 is 5.73 Å². The molecule has 0 rings (SSSR count). The van der Waals surface area contributed by atoms with Gasteiger partial charge in [-0.15, -0.1) is 0 Å².